The number of likely N-dealkylation sites (N-methyl/N-ethyl adjacent to an activating group) is 1. The molecule has 0 radical (unpaired) electrons. The lowest BCUT2D eigenvalue weighted by Gasteiger charge is -2.23. The molecule has 0 unspecified atom stereocenters. The third-order valence-corrected chi connectivity index (χ3v) is 3.59. The molecule has 0 amide bonds. The van der Waals surface area contributed by atoms with Crippen LogP contribution in [0.25, 0.3) is 0 Å². The quantitative estimate of drug-likeness (QED) is 0.630. The zero-order valence-corrected chi connectivity index (χ0v) is 12.6. The summed E-state index contributed by atoms with van der Waals surface area (Å²) in [5, 5.41) is 21.1. The van der Waals surface area contributed by atoms with Gasteiger partial charge < -0.3 is 5.11 Å². The van der Waals surface area contributed by atoms with Crippen LogP contribution in [0.5, 0.6) is 0 Å². The summed E-state index contributed by atoms with van der Waals surface area (Å²) >= 11 is 0. The van der Waals surface area contributed by atoms with E-state index in [1.54, 1.807) is 12.1 Å². The molecule has 5 nitrogen and oxygen atoms in total. The third-order valence-electron chi connectivity index (χ3n) is 3.59. The summed E-state index contributed by atoms with van der Waals surface area (Å²) in [6.45, 7) is 3.83. The molecule has 116 valence electrons. The van der Waals surface area contributed by atoms with E-state index in [1.165, 1.54) is 6.07 Å². The minimum absolute atomic E-state index is 0.0946. The molecule has 1 N–H and O–H groups in total. The first-order chi connectivity index (χ1) is 10.6. The van der Waals surface area contributed by atoms with Crippen LogP contribution >= 0.6 is 0 Å². The van der Waals surface area contributed by atoms with E-state index in [-0.39, 0.29) is 5.69 Å². The van der Waals surface area contributed by atoms with Crippen LogP contribution in [-0.2, 0) is 6.54 Å². The van der Waals surface area contributed by atoms with Crippen molar-refractivity contribution in [1.29, 1.82) is 0 Å². The molecule has 0 aliphatic rings. The van der Waals surface area contributed by atoms with Gasteiger partial charge in [0.1, 0.15) is 0 Å². The van der Waals surface area contributed by atoms with Gasteiger partial charge in [0, 0.05) is 25.2 Å². The first-order valence-electron chi connectivity index (χ1n) is 7.29. The number of non-ortho nitro benzene ring substituents is 1. The van der Waals surface area contributed by atoms with Crippen LogP contribution in [0.4, 0.5) is 5.69 Å². The number of nitrogens with zero attached hydrogens (tertiary/aromatic N) is 2. The van der Waals surface area contributed by atoms with Gasteiger partial charge in [-0.1, -0.05) is 49.4 Å². The zero-order chi connectivity index (χ0) is 15.9. The molecule has 2 rings (SSSR count). The minimum atomic E-state index is -0.570. The van der Waals surface area contributed by atoms with Crippen LogP contribution in [0.2, 0.25) is 0 Å². The second-order valence-corrected chi connectivity index (χ2v) is 5.18. The monoisotopic (exact) mass is 300 g/mol. The maximum absolute atomic E-state index is 10.8. The molecule has 2 aromatic carbocycles. The molecule has 1 atom stereocenters. The Bertz CT molecular complexity index is 616. The van der Waals surface area contributed by atoms with Gasteiger partial charge in [0.25, 0.3) is 5.69 Å². The average Bonchev–Trinajstić information content (AvgIpc) is 2.55. The Labute approximate surface area is 130 Å². The van der Waals surface area contributed by atoms with E-state index in [9.17, 15) is 15.2 Å². The number of nitro groups is 1. The summed E-state index contributed by atoms with van der Waals surface area (Å²) in [7, 11) is 0. The number of aliphatic hydroxyl groups is 1. The zero-order valence-electron chi connectivity index (χ0n) is 12.6. The second-order valence-electron chi connectivity index (χ2n) is 5.18. The van der Waals surface area contributed by atoms with Crippen molar-refractivity contribution in [2.75, 3.05) is 13.1 Å². The molecule has 0 bridgehead atoms. The van der Waals surface area contributed by atoms with Crippen molar-refractivity contribution in [3.63, 3.8) is 0 Å². The third kappa shape index (κ3) is 4.38. The van der Waals surface area contributed by atoms with Crippen LogP contribution in [0.1, 0.15) is 24.2 Å². The Morgan fingerprint density at radius 3 is 2.55 bits per heavy atom. The molecular formula is C17H20N2O3. The smallest absolute Gasteiger partial charge is 0.269 e. The van der Waals surface area contributed by atoms with Crippen LogP contribution < -0.4 is 0 Å². The first kappa shape index (κ1) is 16.1. The van der Waals surface area contributed by atoms with Gasteiger partial charge in [0.05, 0.1) is 11.0 Å². The molecule has 0 aromatic heterocycles. The average molecular weight is 300 g/mol. The van der Waals surface area contributed by atoms with Gasteiger partial charge in [0.2, 0.25) is 0 Å². The van der Waals surface area contributed by atoms with Crippen molar-refractivity contribution in [2.45, 2.75) is 19.6 Å². The van der Waals surface area contributed by atoms with Crippen LogP contribution in [0.15, 0.2) is 54.6 Å². The molecule has 5 heteroatoms. The molecule has 0 aliphatic heterocycles. The predicted octanol–water partition coefficient (Wildman–Crippen LogP) is 3.15. The fourth-order valence-corrected chi connectivity index (χ4v) is 2.36. The molecule has 0 fully saturated rings. The number of hydrogen-bond donors (Lipinski definition) is 1. The highest BCUT2D eigenvalue weighted by Crippen LogP contribution is 2.18. The van der Waals surface area contributed by atoms with Crippen molar-refractivity contribution in [3.8, 4) is 0 Å². The van der Waals surface area contributed by atoms with E-state index >= 15 is 0 Å². The van der Waals surface area contributed by atoms with E-state index in [0.717, 1.165) is 17.7 Å². The molecule has 0 saturated carbocycles. The predicted molar refractivity (Wildman–Crippen MR) is 85.4 cm³/mol. The standard InChI is InChI=1S/C17H20N2O3/c1-2-18(13-17(20)15-8-4-3-5-9-15)12-14-7-6-10-16(11-14)19(21)22/h3-11,17,20H,2,12-13H2,1H3/t17-/m0/s1. The van der Waals surface area contributed by atoms with Gasteiger partial charge in [0.15, 0.2) is 0 Å². The molecule has 0 saturated heterocycles. The van der Waals surface area contributed by atoms with Crippen molar-refractivity contribution in [1.82, 2.24) is 4.90 Å². The Morgan fingerprint density at radius 1 is 1.18 bits per heavy atom. The maximum Gasteiger partial charge on any atom is 0.269 e. The van der Waals surface area contributed by atoms with E-state index in [2.05, 4.69) is 4.90 Å². The van der Waals surface area contributed by atoms with Gasteiger partial charge in [-0.15, -0.1) is 0 Å². The molecule has 22 heavy (non-hydrogen) atoms. The van der Waals surface area contributed by atoms with Gasteiger partial charge in [-0.25, -0.2) is 0 Å². The fraction of sp³-hybridized carbons (Fsp3) is 0.294. The van der Waals surface area contributed by atoms with Gasteiger partial charge >= 0.3 is 0 Å². The maximum atomic E-state index is 10.8. The molecular weight excluding hydrogens is 280 g/mol. The summed E-state index contributed by atoms with van der Waals surface area (Å²) in [5.41, 5.74) is 1.84. The van der Waals surface area contributed by atoms with Crippen LogP contribution in [0.3, 0.4) is 0 Å². The van der Waals surface area contributed by atoms with Crippen molar-refractivity contribution >= 4 is 5.69 Å². The lowest BCUT2D eigenvalue weighted by atomic mass is 10.1. The Kier molecular flexibility index (Phi) is 5.63. The molecule has 0 aliphatic carbocycles. The summed E-state index contributed by atoms with van der Waals surface area (Å²) in [4.78, 5) is 12.5. The van der Waals surface area contributed by atoms with Gasteiger partial charge in [-0.3, -0.25) is 15.0 Å². The molecule has 0 spiro atoms. The van der Waals surface area contributed by atoms with Crippen molar-refractivity contribution in [2.24, 2.45) is 0 Å². The fourth-order valence-electron chi connectivity index (χ4n) is 2.36. The second kappa shape index (κ2) is 7.68. The largest absolute Gasteiger partial charge is 0.387 e. The minimum Gasteiger partial charge on any atom is -0.387 e. The van der Waals surface area contributed by atoms with E-state index in [4.69, 9.17) is 0 Å². The SMILES string of the molecule is CCN(Cc1cccc([N+](=O)[O-])c1)C[C@H](O)c1ccccc1. The Morgan fingerprint density at radius 2 is 1.91 bits per heavy atom. The molecule has 2 aromatic rings. The Hall–Kier alpha value is -2.24. The lowest BCUT2D eigenvalue weighted by Crippen LogP contribution is -2.28. The highest BCUT2D eigenvalue weighted by Gasteiger charge is 2.14. The summed E-state index contributed by atoms with van der Waals surface area (Å²) < 4.78 is 0. The van der Waals surface area contributed by atoms with Crippen LogP contribution in [0, 0.1) is 10.1 Å². The number of nitro benzene ring substituents is 1. The highest BCUT2D eigenvalue weighted by molar-refractivity contribution is 5.34. The summed E-state index contributed by atoms with van der Waals surface area (Å²) in [6, 6.07) is 16.1. The lowest BCUT2D eigenvalue weighted by molar-refractivity contribution is -0.384. The number of hydrogen-bond acceptors (Lipinski definition) is 4. The van der Waals surface area contributed by atoms with Gasteiger partial charge in [-0.05, 0) is 17.7 Å². The van der Waals surface area contributed by atoms with Crippen molar-refractivity contribution < 1.29 is 10.0 Å². The summed E-state index contributed by atoms with van der Waals surface area (Å²) in [6.07, 6.45) is -0.570. The number of aliphatic hydroxyl groups excluding tert-OH is 1. The van der Waals surface area contributed by atoms with Gasteiger partial charge in [-0.2, -0.15) is 0 Å². The van der Waals surface area contributed by atoms with Crippen LogP contribution in [-0.4, -0.2) is 28.0 Å². The summed E-state index contributed by atoms with van der Waals surface area (Å²) in [5.74, 6) is 0. The van der Waals surface area contributed by atoms with Crippen molar-refractivity contribution in [3.05, 3.63) is 75.8 Å². The van der Waals surface area contributed by atoms with E-state index < -0.39 is 11.0 Å². The van der Waals surface area contributed by atoms with E-state index in [0.29, 0.717) is 13.1 Å². The number of rotatable bonds is 7. The number of benzene rings is 2. The topological polar surface area (TPSA) is 66.6 Å². The molecule has 0 heterocycles. The highest BCUT2D eigenvalue weighted by atomic mass is 16.6. The van der Waals surface area contributed by atoms with E-state index in [1.807, 2.05) is 43.3 Å². The Balaban J connectivity index is 2.03. The first-order valence-corrected chi connectivity index (χ1v) is 7.29. The normalized spacial score (nSPS) is 12.3.